The lowest BCUT2D eigenvalue weighted by Crippen LogP contribution is -2.12. The Morgan fingerprint density at radius 3 is 2.71 bits per heavy atom. The van der Waals surface area contributed by atoms with Crippen LogP contribution in [0.25, 0.3) is 11.2 Å². The first-order chi connectivity index (χ1) is 13.3. The van der Waals surface area contributed by atoms with Crippen molar-refractivity contribution in [1.29, 1.82) is 0 Å². The smallest absolute Gasteiger partial charge is 0.264 e. The molecule has 0 saturated heterocycles. The van der Waals surface area contributed by atoms with Gasteiger partial charge in [-0.25, -0.2) is 9.97 Å². The third kappa shape index (κ3) is 3.44. The Morgan fingerprint density at radius 1 is 1.21 bits per heavy atom. The minimum atomic E-state index is -3.52. The van der Waals surface area contributed by atoms with Crippen LogP contribution in [-0.4, -0.2) is 29.2 Å². The number of nitrogens with zero attached hydrogens (tertiary/aromatic N) is 3. The lowest BCUT2D eigenvalue weighted by molar-refractivity contribution is 0.307. The van der Waals surface area contributed by atoms with Crippen LogP contribution in [0.4, 0.5) is 0 Å². The van der Waals surface area contributed by atoms with Crippen molar-refractivity contribution in [3.05, 3.63) is 58.0 Å². The first kappa shape index (κ1) is 19.1. The van der Waals surface area contributed by atoms with Crippen LogP contribution in [0.2, 0.25) is 0 Å². The molecule has 0 aliphatic heterocycles. The molecule has 2 heterocycles. The van der Waals surface area contributed by atoms with Gasteiger partial charge in [-0.1, -0.05) is 30.7 Å². The highest BCUT2D eigenvalue weighted by atomic mass is 32.2. The van der Waals surface area contributed by atoms with E-state index < -0.39 is 10.1 Å². The molecule has 1 atom stereocenters. The molecule has 0 spiro atoms. The lowest BCUT2D eigenvalue weighted by atomic mass is 10.1. The van der Waals surface area contributed by atoms with E-state index in [4.69, 9.17) is 14.2 Å². The first-order valence-electron chi connectivity index (χ1n) is 9.58. The van der Waals surface area contributed by atoms with Crippen molar-refractivity contribution >= 4 is 21.3 Å². The van der Waals surface area contributed by atoms with Crippen molar-refractivity contribution in [3.63, 3.8) is 0 Å². The monoisotopic (exact) mass is 399 g/mol. The molecule has 4 rings (SSSR count). The summed E-state index contributed by atoms with van der Waals surface area (Å²) in [5.74, 6) is 1.00. The van der Waals surface area contributed by atoms with E-state index in [2.05, 4.69) is 36.6 Å². The molecule has 7 heteroatoms. The van der Waals surface area contributed by atoms with Crippen LogP contribution in [0.5, 0.6) is 0 Å². The number of aromatic nitrogens is 3. The predicted molar refractivity (Wildman–Crippen MR) is 109 cm³/mol. The molecule has 148 valence electrons. The molecule has 28 heavy (non-hydrogen) atoms. The molecular formula is C21H25N3O3S. The Morgan fingerprint density at radius 2 is 2.00 bits per heavy atom. The number of hydrogen-bond acceptors (Lipinski definition) is 5. The molecule has 1 aromatic carbocycles. The molecule has 1 aliphatic rings. The van der Waals surface area contributed by atoms with Crippen LogP contribution in [0.15, 0.2) is 24.3 Å². The van der Waals surface area contributed by atoms with E-state index in [9.17, 15) is 8.42 Å². The second-order valence-corrected chi connectivity index (χ2v) is 9.22. The maximum Gasteiger partial charge on any atom is 0.264 e. The van der Waals surface area contributed by atoms with Gasteiger partial charge in [0, 0.05) is 6.42 Å². The highest BCUT2D eigenvalue weighted by Crippen LogP contribution is 2.38. The maximum absolute atomic E-state index is 11.4. The first-order valence-corrected chi connectivity index (χ1v) is 11.4. The van der Waals surface area contributed by atoms with E-state index in [-0.39, 0.29) is 12.6 Å². The van der Waals surface area contributed by atoms with E-state index in [0.29, 0.717) is 5.69 Å². The zero-order valence-corrected chi connectivity index (χ0v) is 17.5. The normalized spacial score (nSPS) is 16.6. The molecule has 0 radical (unpaired) electrons. The van der Waals surface area contributed by atoms with Gasteiger partial charge in [-0.15, -0.1) is 0 Å². The lowest BCUT2D eigenvalue weighted by Gasteiger charge is -2.18. The summed E-state index contributed by atoms with van der Waals surface area (Å²) in [7, 11) is -3.52. The summed E-state index contributed by atoms with van der Waals surface area (Å²) in [6.45, 7) is 6.14. The number of hydrogen-bond donors (Lipinski definition) is 0. The van der Waals surface area contributed by atoms with Crippen LogP contribution in [0.1, 0.15) is 53.2 Å². The van der Waals surface area contributed by atoms with Crippen molar-refractivity contribution in [2.45, 2.75) is 52.7 Å². The van der Waals surface area contributed by atoms with E-state index in [1.165, 1.54) is 16.7 Å². The predicted octanol–water partition coefficient (Wildman–Crippen LogP) is 3.62. The fourth-order valence-electron chi connectivity index (χ4n) is 4.14. The number of rotatable bonds is 5. The summed E-state index contributed by atoms with van der Waals surface area (Å²) in [4.78, 5) is 9.61. The van der Waals surface area contributed by atoms with E-state index >= 15 is 0 Å². The molecule has 0 unspecified atom stereocenters. The zero-order valence-electron chi connectivity index (χ0n) is 16.7. The van der Waals surface area contributed by atoms with Crippen molar-refractivity contribution in [3.8, 4) is 0 Å². The second kappa shape index (κ2) is 6.97. The van der Waals surface area contributed by atoms with E-state index in [1.807, 2.05) is 13.0 Å². The summed E-state index contributed by atoms with van der Waals surface area (Å²) in [5.41, 5.74) is 7.26. The van der Waals surface area contributed by atoms with Crippen LogP contribution in [0, 0.1) is 13.8 Å². The minimum absolute atomic E-state index is 0.0668. The summed E-state index contributed by atoms with van der Waals surface area (Å²) in [5, 5.41) is 0. The number of benzene rings is 1. The zero-order chi connectivity index (χ0) is 20.1. The van der Waals surface area contributed by atoms with Gasteiger partial charge >= 0.3 is 0 Å². The van der Waals surface area contributed by atoms with Gasteiger partial charge in [0.1, 0.15) is 17.9 Å². The molecule has 2 aromatic heterocycles. The van der Waals surface area contributed by atoms with Crippen LogP contribution < -0.4 is 0 Å². The van der Waals surface area contributed by atoms with Gasteiger partial charge in [0.05, 0.1) is 18.0 Å². The summed E-state index contributed by atoms with van der Waals surface area (Å²) in [6, 6.07) is 8.71. The Hall–Kier alpha value is -2.25. The van der Waals surface area contributed by atoms with Crippen molar-refractivity contribution in [2.24, 2.45) is 0 Å². The number of aryl methyl sites for hydroxylation is 4. The maximum atomic E-state index is 11.4. The quantitative estimate of drug-likeness (QED) is 0.613. The van der Waals surface area contributed by atoms with E-state index in [1.54, 1.807) is 0 Å². The second-order valence-electron chi connectivity index (χ2n) is 7.58. The third-order valence-corrected chi connectivity index (χ3v) is 5.90. The van der Waals surface area contributed by atoms with Crippen LogP contribution in [-0.2, 0) is 33.7 Å². The summed E-state index contributed by atoms with van der Waals surface area (Å²) < 4.78 is 30.0. The molecule has 0 N–H and O–H groups in total. The van der Waals surface area contributed by atoms with Gasteiger partial charge < -0.3 is 4.57 Å². The van der Waals surface area contributed by atoms with Gasteiger partial charge in [-0.05, 0) is 49.4 Å². The Bertz CT molecular complexity index is 1170. The molecule has 0 saturated carbocycles. The topological polar surface area (TPSA) is 74.1 Å². The van der Waals surface area contributed by atoms with Crippen LogP contribution in [0.3, 0.4) is 0 Å². The Kier molecular flexibility index (Phi) is 4.75. The summed E-state index contributed by atoms with van der Waals surface area (Å²) >= 11 is 0. The highest BCUT2D eigenvalue weighted by Gasteiger charge is 2.28. The average molecular weight is 400 g/mol. The fourth-order valence-corrected chi connectivity index (χ4v) is 4.47. The van der Waals surface area contributed by atoms with Crippen molar-refractivity contribution in [1.82, 2.24) is 14.5 Å². The number of fused-ring (bicyclic) bond motifs is 2. The van der Waals surface area contributed by atoms with Crippen molar-refractivity contribution in [2.75, 3.05) is 6.26 Å². The summed E-state index contributed by atoms with van der Waals surface area (Å²) in [6.07, 6.45) is 3.92. The number of imidazole rings is 1. The Labute approximate surface area is 165 Å². The third-order valence-electron chi connectivity index (χ3n) is 5.36. The van der Waals surface area contributed by atoms with Crippen LogP contribution >= 0.6 is 0 Å². The average Bonchev–Trinajstić information content (AvgIpc) is 3.19. The van der Waals surface area contributed by atoms with Gasteiger partial charge in [0.2, 0.25) is 0 Å². The van der Waals surface area contributed by atoms with Gasteiger partial charge in [-0.2, -0.15) is 8.42 Å². The van der Waals surface area contributed by atoms with Crippen molar-refractivity contribution < 1.29 is 12.6 Å². The molecule has 0 amide bonds. The number of pyridine rings is 1. The Balaban J connectivity index is 1.85. The minimum Gasteiger partial charge on any atom is -0.305 e. The SMILES string of the molecule is CCc1nc2c(C)cc(COS(C)(=O)=O)nc2n1[C@H]1CCc2cc(C)ccc21. The standard InChI is InChI=1S/C21H25N3O3S/c1-5-19-23-20-14(3)11-16(12-27-28(4,25)26)22-21(20)24(19)18-9-7-15-10-13(2)6-8-17(15)18/h6,8,10-11,18H,5,7,9,12H2,1-4H3/t18-/m0/s1. The molecule has 1 aliphatic carbocycles. The van der Waals surface area contributed by atoms with E-state index in [0.717, 1.165) is 48.1 Å². The largest absolute Gasteiger partial charge is 0.305 e. The molecule has 6 nitrogen and oxygen atoms in total. The van der Waals surface area contributed by atoms with Gasteiger partial charge in [0.25, 0.3) is 10.1 Å². The molecule has 0 bridgehead atoms. The highest BCUT2D eigenvalue weighted by molar-refractivity contribution is 7.85. The fraction of sp³-hybridized carbons (Fsp3) is 0.429. The molecule has 3 aromatic rings. The van der Waals surface area contributed by atoms with Gasteiger partial charge in [0.15, 0.2) is 5.65 Å². The molecule has 0 fully saturated rings. The molecular weight excluding hydrogens is 374 g/mol. The van der Waals surface area contributed by atoms with Gasteiger partial charge in [-0.3, -0.25) is 4.18 Å².